The highest BCUT2D eigenvalue weighted by molar-refractivity contribution is 5.94. The molecular weight excluding hydrogens is 450 g/mol. The Hall–Kier alpha value is -3.71. The van der Waals surface area contributed by atoms with Crippen molar-refractivity contribution in [1.29, 1.82) is 0 Å². The number of amides is 4. The third-order valence-electron chi connectivity index (χ3n) is 4.83. The van der Waals surface area contributed by atoms with Gasteiger partial charge < -0.3 is 42.7 Å². The van der Waals surface area contributed by atoms with Crippen molar-refractivity contribution >= 4 is 29.6 Å². The highest BCUT2D eigenvalue weighted by Crippen LogP contribution is 2.11. The molecule has 0 aliphatic carbocycles. The van der Waals surface area contributed by atoms with Crippen molar-refractivity contribution in [3.63, 3.8) is 0 Å². The normalized spacial score (nSPS) is 15.2. The first kappa shape index (κ1) is 28.3. The van der Waals surface area contributed by atoms with Crippen LogP contribution in [0.5, 0.6) is 5.75 Å². The number of nitrogens with two attached hydrogens (primary N) is 2. The molecule has 13 nitrogen and oxygen atoms in total. The Bertz CT molecular complexity index is 890. The SMILES string of the molecule is CC(NC(=O)C(NC(=O)C(CCC(N)=O)NC(=O)C(N)Cc1ccc(O)cc1)C(C)O)C(=O)O. The molecule has 1 rings (SSSR count). The minimum atomic E-state index is -1.53. The second kappa shape index (κ2) is 13.1. The fourth-order valence-corrected chi connectivity index (χ4v) is 2.84. The molecule has 0 aliphatic rings. The Labute approximate surface area is 195 Å². The molecule has 5 atom stereocenters. The number of carbonyl (C=O) groups excluding carboxylic acids is 4. The van der Waals surface area contributed by atoms with Gasteiger partial charge >= 0.3 is 5.97 Å². The summed E-state index contributed by atoms with van der Waals surface area (Å²) in [7, 11) is 0. The van der Waals surface area contributed by atoms with Crippen LogP contribution in [-0.2, 0) is 30.4 Å². The fourth-order valence-electron chi connectivity index (χ4n) is 2.84. The number of carbonyl (C=O) groups is 5. The van der Waals surface area contributed by atoms with Gasteiger partial charge in [0.15, 0.2) is 0 Å². The molecule has 1 aromatic rings. The number of carboxylic acid groups (broad SMARTS) is 1. The number of hydrogen-bond acceptors (Lipinski definition) is 8. The van der Waals surface area contributed by atoms with E-state index in [0.717, 1.165) is 0 Å². The van der Waals surface area contributed by atoms with E-state index >= 15 is 0 Å². The maximum atomic E-state index is 12.8. The summed E-state index contributed by atoms with van der Waals surface area (Å²) in [4.78, 5) is 59.9. The van der Waals surface area contributed by atoms with Gasteiger partial charge in [-0.3, -0.25) is 24.0 Å². The quantitative estimate of drug-likeness (QED) is 0.148. The number of primary amides is 1. The first-order valence-corrected chi connectivity index (χ1v) is 10.5. The van der Waals surface area contributed by atoms with Crippen molar-refractivity contribution in [2.24, 2.45) is 11.5 Å². The van der Waals surface area contributed by atoms with Gasteiger partial charge in [-0.05, 0) is 44.4 Å². The molecule has 0 radical (unpaired) electrons. The predicted molar refractivity (Wildman–Crippen MR) is 119 cm³/mol. The Kier molecular flexibility index (Phi) is 10.9. The van der Waals surface area contributed by atoms with Gasteiger partial charge in [-0.2, -0.15) is 0 Å². The number of phenolic OH excluding ortho intramolecular Hbond substituents is 1. The molecule has 0 aliphatic heterocycles. The van der Waals surface area contributed by atoms with E-state index in [4.69, 9.17) is 16.6 Å². The van der Waals surface area contributed by atoms with Crippen molar-refractivity contribution in [1.82, 2.24) is 16.0 Å². The van der Waals surface area contributed by atoms with E-state index in [2.05, 4.69) is 16.0 Å². The molecule has 188 valence electrons. The van der Waals surface area contributed by atoms with E-state index in [0.29, 0.717) is 5.56 Å². The lowest BCUT2D eigenvalue weighted by Gasteiger charge is -2.26. The van der Waals surface area contributed by atoms with Crippen LogP contribution in [0.25, 0.3) is 0 Å². The number of aromatic hydroxyl groups is 1. The molecular formula is C21H31N5O8. The summed E-state index contributed by atoms with van der Waals surface area (Å²) in [6, 6.07) is 0.776. The molecule has 1 aromatic carbocycles. The van der Waals surface area contributed by atoms with Crippen molar-refractivity contribution in [2.75, 3.05) is 0 Å². The van der Waals surface area contributed by atoms with Gasteiger partial charge in [0.05, 0.1) is 12.1 Å². The average Bonchev–Trinajstić information content (AvgIpc) is 2.75. The molecule has 5 unspecified atom stereocenters. The molecule has 0 saturated carbocycles. The van der Waals surface area contributed by atoms with Crippen LogP contribution in [-0.4, -0.2) is 75.2 Å². The van der Waals surface area contributed by atoms with E-state index in [1.807, 2.05) is 0 Å². The molecule has 34 heavy (non-hydrogen) atoms. The molecule has 0 spiro atoms. The zero-order valence-electron chi connectivity index (χ0n) is 18.9. The van der Waals surface area contributed by atoms with E-state index in [9.17, 15) is 34.2 Å². The van der Waals surface area contributed by atoms with Crippen LogP contribution in [0.4, 0.5) is 0 Å². The highest BCUT2D eigenvalue weighted by Gasteiger charge is 2.32. The van der Waals surface area contributed by atoms with E-state index < -0.39 is 59.9 Å². The van der Waals surface area contributed by atoms with Crippen LogP contribution in [0.15, 0.2) is 24.3 Å². The Balaban J connectivity index is 2.92. The largest absolute Gasteiger partial charge is 0.508 e. The first-order valence-electron chi connectivity index (χ1n) is 10.5. The minimum absolute atomic E-state index is 0.0411. The number of aliphatic hydroxyl groups is 1. The van der Waals surface area contributed by atoms with E-state index in [1.54, 1.807) is 12.1 Å². The van der Waals surface area contributed by atoms with E-state index in [-0.39, 0.29) is 25.0 Å². The van der Waals surface area contributed by atoms with Gasteiger partial charge in [-0.15, -0.1) is 0 Å². The Morgan fingerprint density at radius 1 is 0.941 bits per heavy atom. The number of aliphatic hydroxyl groups excluding tert-OH is 1. The number of benzene rings is 1. The van der Waals surface area contributed by atoms with Crippen molar-refractivity contribution in [3.8, 4) is 5.75 Å². The van der Waals surface area contributed by atoms with Crippen molar-refractivity contribution in [2.45, 2.75) is 63.4 Å². The van der Waals surface area contributed by atoms with Gasteiger partial charge in [0.2, 0.25) is 23.6 Å². The summed E-state index contributed by atoms with van der Waals surface area (Å²) in [5.74, 6) is -4.61. The van der Waals surface area contributed by atoms with Gasteiger partial charge in [-0.1, -0.05) is 12.1 Å². The van der Waals surface area contributed by atoms with Gasteiger partial charge in [0, 0.05) is 6.42 Å². The molecule has 0 bridgehead atoms. The first-order chi connectivity index (χ1) is 15.8. The van der Waals surface area contributed by atoms with Crippen LogP contribution >= 0.6 is 0 Å². The molecule has 0 saturated heterocycles. The summed E-state index contributed by atoms with van der Waals surface area (Å²) >= 11 is 0. The lowest BCUT2D eigenvalue weighted by atomic mass is 10.0. The summed E-state index contributed by atoms with van der Waals surface area (Å²) in [5, 5.41) is 35.0. The summed E-state index contributed by atoms with van der Waals surface area (Å²) in [5.41, 5.74) is 11.7. The predicted octanol–water partition coefficient (Wildman–Crippen LogP) is -2.53. The third kappa shape index (κ3) is 9.42. The van der Waals surface area contributed by atoms with Crippen LogP contribution in [0.3, 0.4) is 0 Å². The monoisotopic (exact) mass is 481 g/mol. The van der Waals surface area contributed by atoms with Gasteiger partial charge in [-0.25, -0.2) is 0 Å². The summed E-state index contributed by atoms with van der Waals surface area (Å²) < 4.78 is 0. The van der Waals surface area contributed by atoms with Crippen LogP contribution in [0, 0.1) is 0 Å². The molecule has 0 fully saturated rings. The zero-order chi connectivity index (χ0) is 26.0. The maximum Gasteiger partial charge on any atom is 0.325 e. The molecule has 0 aromatic heterocycles. The van der Waals surface area contributed by atoms with Gasteiger partial charge in [0.25, 0.3) is 0 Å². The summed E-state index contributed by atoms with van der Waals surface area (Å²) in [6.45, 7) is 2.41. The van der Waals surface area contributed by atoms with Gasteiger partial charge in [0.1, 0.15) is 23.9 Å². The summed E-state index contributed by atoms with van der Waals surface area (Å²) in [6.07, 6.45) is -1.80. The molecule has 10 N–H and O–H groups in total. The number of rotatable bonds is 13. The van der Waals surface area contributed by atoms with E-state index in [1.165, 1.54) is 26.0 Å². The number of hydrogen-bond donors (Lipinski definition) is 8. The fraction of sp³-hybridized carbons (Fsp3) is 0.476. The lowest BCUT2D eigenvalue weighted by Crippen LogP contribution is -2.59. The number of aliphatic carboxylic acids is 1. The number of nitrogens with one attached hydrogen (secondary N) is 3. The van der Waals surface area contributed by atoms with Crippen molar-refractivity contribution in [3.05, 3.63) is 29.8 Å². The number of carboxylic acids is 1. The van der Waals surface area contributed by atoms with Crippen LogP contribution in [0.2, 0.25) is 0 Å². The minimum Gasteiger partial charge on any atom is -0.508 e. The molecule has 13 heteroatoms. The smallest absolute Gasteiger partial charge is 0.325 e. The average molecular weight is 482 g/mol. The second-order valence-electron chi connectivity index (χ2n) is 7.84. The zero-order valence-corrected chi connectivity index (χ0v) is 18.9. The van der Waals surface area contributed by atoms with Crippen LogP contribution in [0.1, 0.15) is 32.3 Å². The molecule has 0 heterocycles. The highest BCUT2D eigenvalue weighted by atomic mass is 16.4. The molecule has 4 amide bonds. The third-order valence-corrected chi connectivity index (χ3v) is 4.83. The van der Waals surface area contributed by atoms with Crippen LogP contribution < -0.4 is 27.4 Å². The van der Waals surface area contributed by atoms with Crippen molar-refractivity contribution < 1.29 is 39.3 Å². The number of phenols is 1. The topological polar surface area (TPSA) is 234 Å². The maximum absolute atomic E-state index is 12.8. The Morgan fingerprint density at radius 2 is 1.53 bits per heavy atom. The lowest BCUT2D eigenvalue weighted by molar-refractivity contribution is -0.142. The second-order valence-corrected chi connectivity index (χ2v) is 7.84. The Morgan fingerprint density at radius 3 is 2.03 bits per heavy atom. The standard InChI is InChI=1S/C21H31N5O8/c1-10(21(33)34)24-20(32)17(11(2)27)26-19(31)15(7-8-16(23)29)25-18(30)14(22)9-12-3-5-13(28)6-4-12/h3-6,10-11,14-15,17,27-28H,7-9,22H2,1-2H3,(H2,23,29)(H,24,32)(H,25,30)(H,26,31)(H,33,34).